The number of carbonyl (C=O) groups is 2. The fourth-order valence-electron chi connectivity index (χ4n) is 1.14. The summed E-state index contributed by atoms with van der Waals surface area (Å²) in [6.45, 7) is 2.96. The van der Waals surface area contributed by atoms with Crippen LogP contribution in [0.5, 0.6) is 0 Å². The van der Waals surface area contributed by atoms with Gasteiger partial charge in [-0.05, 0) is 31.2 Å². The number of benzene rings is 1. The monoisotopic (exact) mass is 350 g/mol. The quantitative estimate of drug-likeness (QED) is 0.260. The summed E-state index contributed by atoms with van der Waals surface area (Å²) in [5.74, 6) is -1.54. The zero-order valence-electron chi connectivity index (χ0n) is 14.2. The van der Waals surface area contributed by atoms with E-state index < -0.39 is 21.9 Å². The van der Waals surface area contributed by atoms with Crippen molar-refractivity contribution in [2.45, 2.75) is 18.7 Å². The van der Waals surface area contributed by atoms with E-state index in [1.54, 1.807) is 12.2 Å². The van der Waals surface area contributed by atoms with Crippen LogP contribution in [0, 0.1) is 0 Å². The minimum absolute atomic E-state index is 0. The number of anilines is 1. The number of nitrogens with one attached hydrogen (secondary N) is 1. The third-order valence-electron chi connectivity index (χ3n) is 2.01. The molecule has 122 valence electrons. The number of nitrogen functional groups attached to an aromatic ring is 1. The van der Waals surface area contributed by atoms with Crippen molar-refractivity contribution in [3.8, 4) is 0 Å². The molecule has 0 saturated carbocycles. The van der Waals surface area contributed by atoms with E-state index in [9.17, 15) is 18.0 Å². The van der Waals surface area contributed by atoms with Crippen LogP contribution in [0.1, 0.15) is 15.3 Å². The third-order valence-corrected chi connectivity index (χ3v) is 3.46. The molecule has 7 nitrogen and oxygen atoms in total. The predicted molar refractivity (Wildman–Crippen MR) is 84.6 cm³/mol. The average molecular weight is 350 g/mol. The Bertz CT molecular complexity index is 673. The second kappa shape index (κ2) is 11.9. The van der Waals surface area contributed by atoms with E-state index in [-0.39, 0.29) is 35.9 Å². The Hall–Kier alpha value is -1.61. The van der Waals surface area contributed by atoms with E-state index in [1.165, 1.54) is 30.3 Å². The molecule has 0 aliphatic rings. The molecule has 0 aliphatic carbocycles. The van der Waals surface area contributed by atoms with Gasteiger partial charge in [-0.2, -0.15) is 0 Å². The van der Waals surface area contributed by atoms with Crippen molar-refractivity contribution in [1.29, 1.82) is 0 Å². The zero-order chi connectivity index (χ0) is 17.2. The summed E-state index contributed by atoms with van der Waals surface area (Å²) in [4.78, 5) is 20.4. The Kier molecular flexibility index (Phi) is 12.2. The number of rotatable bonds is 4. The molecule has 0 atom stereocenters. The standard InChI is InChI=1S/C8H10N2O3S.C6H8O2.Na.H/c1-6(11)10-14(12,13)8-4-2-7(9)3-5-8;1-2-3-4-5-6(7)8;;/h2-5H,9H2,1H3,(H,10,11);2-5H,1H3,(H,7,8);;/q;;+1;-1/b;3-2+,5-4+;;. The molecule has 0 radical (unpaired) electrons. The molecule has 0 spiro atoms. The molecular formula is C14H19N2NaO5S. The van der Waals surface area contributed by atoms with Crippen LogP contribution in [-0.2, 0) is 19.6 Å². The maximum Gasteiger partial charge on any atom is 1.00 e. The topological polar surface area (TPSA) is 127 Å². The normalized spacial score (nSPS) is 10.5. The number of hydrogen-bond acceptors (Lipinski definition) is 5. The maximum absolute atomic E-state index is 11.4. The van der Waals surface area contributed by atoms with Crippen LogP contribution >= 0.6 is 0 Å². The zero-order valence-corrected chi connectivity index (χ0v) is 16.0. The molecule has 23 heavy (non-hydrogen) atoms. The van der Waals surface area contributed by atoms with Gasteiger partial charge in [0.05, 0.1) is 4.90 Å². The van der Waals surface area contributed by atoms with Gasteiger partial charge in [0, 0.05) is 18.7 Å². The van der Waals surface area contributed by atoms with Crippen LogP contribution in [0.2, 0.25) is 0 Å². The van der Waals surface area contributed by atoms with Crippen LogP contribution in [0.15, 0.2) is 53.5 Å². The molecule has 0 fully saturated rings. The number of allylic oxidation sites excluding steroid dienone is 3. The van der Waals surface area contributed by atoms with Gasteiger partial charge in [-0.3, -0.25) is 4.79 Å². The second-order valence-electron chi connectivity index (χ2n) is 3.95. The maximum atomic E-state index is 11.4. The molecule has 4 N–H and O–H groups in total. The van der Waals surface area contributed by atoms with E-state index in [4.69, 9.17) is 10.8 Å². The van der Waals surface area contributed by atoms with Crippen molar-refractivity contribution in [1.82, 2.24) is 4.72 Å². The average Bonchev–Trinajstić information content (AvgIpc) is 2.38. The van der Waals surface area contributed by atoms with Gasteiger partial charge in [-0.25, -0.2) is 17.9 Å². The number of carboxylic acid groups (broad SMARTS) is 1. The van der Waals surface area contributed by atoms with Crippen LogP contribution < -0.4 is 40.0 Å². The van der Waals surface area contributed by atoms with Crippen molar-refractivity contribution in [3.63, 3.8) is 0 Å². The first-order valence-corrected chi connectivity index (χ1v) is 7.58. The third kappa shape index (κ3) is 11.6. The summed E-state index contributed by atoms with van der Waals surface area (Å²) in [6.07, 6.45) is 5.98. The van der Waals surface area contributed by atoms with Gasteiger partial charge >= 0.3 is 35.5 Å². The van der Waals surface area contributed by atoms with E-state index in [1.807, 2.05) is 11.6 Å². The predicted octanol–water partition coefficient (Wildman–Crippen LogP) is -1.59. The molecule has 1 rings (SSSR count). The molecule has 1 aromatic carbocycles. The summed E-state index contributed by atoms with van der Waals surface area (Å²) >= 11 is 0. The molecule has 0 bridgehead atoms. The van der Waals surface area contributed by atoms with Crippen molar-refractivity contribution >= 4 is 27.6 Å². The van der Waals surface area contributed by atoms with E-state index in [2.05, 4.69) is 0 Å². The van der Waals surface area contributed by atoms with E-state index in [0.29, 0.717) is 5.69 Å². The summed E-state index contributed by atoms with van der Waals surface area (Å²) in [5, 5.41) is 8.02. The van der Waals surface area contributed by atoms with Crippen LogP contribution in [0.3, 0.4) is 0 Å². The first-order chi connectivity index (χ1) is 10.2. The van der Waals surface area contributed by atoms with Crippen molar-refractivity contribution in [3.05, 3.63) is 48.6 Å². The van der Waals surface area contributed by atoms with E-state index in [0.717, 1.165) is 13.0 Å². The number of amides is 1. The molecule has 1 amide bonds. The van der Waals surface area contributed by atoms with Crippen molar-refractivity contribution in [2.75, 3.05) is 5.73 Å². The summed E-state index contributed by atoms with van der Waals surface area (Å²) < 4.78 is 24.6. The number of nitrogens with two attached hydrogens (primary N) is 1. The Labute approximate surface area is 159 Å². The van der Waals surface area contributed by atoms with Gasteiger partial charge in [0.2, 0.25) is 5.91 Å². The van der Waals surface area contributed by atoms with Gasteiger partial charge in [0.1, 0.15) is 0 Å². The Balaban J connectivity index is -0.000000386. The molecule has 0 aromatic heterocycles. The summed E-state index contributed by atoms with van der Waals surface area (Å²) in [7, 11) is -3.73. The molecule has 0 saturated heterocycles. The fourth-order valence-corrected chi connectivity index (χ4v) is 2.13. The molecule has 0 heterocycles. The Morgan fingerprint density at radius 3 is 2.13 bits per heavy atom. The SMILES string of the molecule is C/C=C/C=C/C(=O)O.CC(=O)NS(=O)(=O)c1ccc(N)cc1.[H-].[Na+]. The van der Waals surface area contributed by atoms with Gasteiger partial charge in [0.15, 0.2) is 0 Å². The fraction of sp³-hybridized carbons (Fsp3) is 0.143. The first-order valence-electron chi connectivity index (χ1n) is 6.10. The molecular weight excluding hydrogens is 331 g/mol. The number of sulfonamides is 1. The van der Waals surface area contributed by atoms with Crippen LogP contribution in [0.25, 0.3) is 0 Å². The molecule has 0 aliphatic heterocycles. The van der Waals surface area contributed by atoms with Crippen molar-refractivity contribution in [2.24, 2.45) is 0 Å². The van der Waals surface area contributed by atoms with Crippen LogP contribution in [-0.4, -0.2) is 25.4 Å². The number of carbonyl (C=O) groups excluding carboxylic acids is 1. The Morgan fingerprint density at radius 2 is 1.74 bits per heavy atom. The largest absolute Gasteiger partial charge is 1.00 e. The van der Waals surface area contributed by atoms with Gasteiger partial charge in [-0.1, -0.05) is 18.2 Å². The van der Waals surface area contributed by atoms with E-state index >= 15 is 0 Å². The molecule has 0 unspecified atom stereocenters. The first kappa shape index (κ1) is 23.7. The van der Waals surface area contributed by atoms with Crippen LogP contribution in [0.4, 0.5) is 5.69 Å². The number of aliphatic carboxylic acids is 1. The molecule has 9 heteroatoms. The minimum Gasteiger partial charge on any atom is -1.00 e. The second-order valence-corrected chi connectivity index (χ2v) is 5.64. The summed E-state index contributed by atoms with van der Waals surface area (Å²) in [5.41, 5.74) is 5.85. The molecule has 1 aromatic rings. The smallest absolute Gasteiger partial charge is 1.00 e. The van der Waals surface area contributed by atoms with Crippen molar-refractivity contribution < 1.29 is 54.1 Å². The van der Waals surface area contributed by atoms with Gasteiger partial charge in [-0.15, -0.1) is 0 Å². The van der Waals surface area contributed by atoms with Gasteiger partial charge in [0.25, 0.3) is 10.0 Å². The number of hydrogen-bond donors (Lipinski definition) is 3. The van der Waals surface area contributed by atoms with Gasteiger partial charge < -0.3 is 12.3 Å². The minimum atomic E-state index is -3.73. The number of carboxylic acids is 1. The Morgan fingerprint density at radius 1 is 1.22 bits per heavy atom. The summed E-state index contributed by atoms with van der Waals surface area (Å²) in [6, 6.07) is 5.57.